The van der Waals surface area contributed by atoms with Crippen LogP contribution in [0.4, 0.5) is 5.69 Å². The molecule has 1 aromatic carbocycles. The first-order valence-electron chi connectivity index (χ1n) is 6.11. The van der Waals surface area contributed by atoms with Crippen LogP contribution in [0.3, 0.4) is 0 Å². The smallest absolute Gasteiger partial charge is 0.270 e. The second-order valence-electron chi connectivity index (χ2n) is 4.14. The molecule has 0 saturated heterocycles. The third-order valence-electron chi connectivity index (χ3n) is 2.85. The zero-order chi connectivity index (χ0) is 15.4. The molecule has 0 unspecified atom stereocenters. The molecule has 1 heterocycles. The Morgan fingerprint density at radius 2 is 2.29 bits per heavy atom. The quantitative estimate of drug-likeness (QED) is 0.653. The zero-order valence-electron chi connectivity index (χ0n) is 11.1. The summed E-state index contributed by atoms with van der Waals surface area (Å²) in [6.07, 6.45) is 1.57. The summed E-state index contributed by atoms with van der Waals surface area (Å²) < 4.78 is 2.28. The fourth-order valence-electron chi connectivity index (χ4n) is 1.74. The number of aromatic nitrogens is 3. The van der Waals surface area contributed by atoms with E-state index < -0.39 is 10.8 Å². The van der Waals surface area contributed by atoms with Gasteiger partial charge in [0.05, 0.1) is 17.0 Å². The van der Waals surface area contributed by atoms with Crippen molar-refractivity contribution in [3.8, 4) is 0 Å². The number of nitrogens with zero attached hydrogens (tertiary/aromatic N) is 4. The molecule has 0 saturated carbocycles. The second-order valence-corrected chi connectivity index (χ2v) is 4.99. The molecule has 0 radical (unpaired) electrons. The standard InChI is InChI=1S/C12H12BrN5O3/c1-2-17-7-15-16-11(17)6-14-12(19)9-5-8(18(20)21)3-4-10(9)13/h3-5,7H,2,6H2,1H3,(H,14,19). The number of hydrogen-bond acceptors (Lipinski definition) is 5. The molecule has 0 aliphatic carbocycles. The van der Waals surface area contributed by atoms with Crippen LogP contribution in [0.1, 0.15) is 23.1 Å². The van der Waals surface area contributed by atoms with Crippen LogP contribution in [0.25, 0.3) is 0 Å². The van der Waals surface area contributed by atoms with Gasteiger partial charge in [-0.2, -0.15) is 0 Å². The van der Waals surface area contributed by atoms with Crippen molar-refractivity contribution in [2.24, 2.45) is 0 Å². The summed E-state index contributed by atoms with van der Waals surface area (Å²) in [6, 6.07) is 4.03. The fraction of sp³-hybridized carbons (Fsp3) is 0.250. The Hall–Kier alpha value is -2.29. The van der Waals surface area contributed by atoms with Crippen molar-refractivity contribution in [3.05, 3.63) is 50.5 Å². The number of nitro groups is 1. The lowest BCUT2D eigenvalue weighted by Gasteiger charge is -2.07. The Morgan fingerprint density at radius 3 is 2.95 bits per heavy atom. The zero-order valence-corrected chi connectivity index (χ0v) is 12.7. The van der Waals surface area contributed by atoms with Crippen LogP contribution < -0.4 is 5.32 Å². The summed E-state index contributed by atoms with van der Waals surface area (Å²) in [4.78, 5) is 22.3. The van der Waals surface area contributed by atoms with Crippen molar-refractivity contribution in [3.63, 3.8) is 0 Å². The molecule has 1 N–H and O–H groups in total. The van der Waals surface area contributed by atoms with Gasteiger partial charge in [-0.3, -0.25) is 14.9 Å². The van der Waals surface area contributed by atoms with Crippen LogP contribution >= 0.6 is 15.9 Å². The highest BCUT2D eigenvalue weighted by molar-refractivity contribution is 9.10. The van der Waals surface area contributed by atoms with Gasteiger partial charge in [0.15, 0.2) is 5.82 Å². The normalized spacial score (nSPS) is 10.4. The number of carbonyl (C=O) groups excluding carboxylic acids is 1. The van der Waals surface area contributed by atoms with Gasteiger partial charge in [0.2, 0.25) is 0 Å². The van der Waals surface area contributed by atoms with Gasteiger partial charge >= 0.3 is 0 Å². The first kappa shape index (κ1) is 15.1. The molecule has 0 bridgehead atoms. The topological polar surface area (TPSA) is 103 Å². The molecule has 9 heteroatoms. The first-order valence-corrected chi connectivity index (χ1v) is 6.91. The van der Waals surface area contributed by atoms with E-state index in [2.05, 4.69) is 31.4 Å². The second kappa shape index (κ2) is 6.44. The van der Waals surface area contributed by atoms with Gasteiger partial charge in [0.1, 0.15) is 6.33 Å². The molecule has 1 amide bonds. The van der Waals surface area contributed by atoms with Crippen LogP contribution in [-0.4, -0.2) is 25.6 Å². The van der Waals surface area contributed by atoms with Gasteiger partial charge in [-0.15, -0.1) is 10.2 Å². The number of rotatable bonds is 5. The summed E-state index contributed by atoms with van der Waals surface area (Å²) in [6.45, 7) is 2.83. The Labute approximate surface area is 128 Å². The highest BCUT2D eigenvalue weighted by Gasteiger charge is 2.16. The van der Waals surface area contributed by atoms with E-state index in [4.69, 9.17) is 0 Å². The molecule has 0 atom stereocenters. The molecule has 0 fully saturated rings. The highest BCUT2D eigenvalue weighted by Crippen LogP contribution is 2.22. The average molecular weight is 354 g/mol. The van der Waals surface area contributed by atoms with E-state index in [9.17, 15) is 14.9 Å². The van der Waals surface area contributed by atoms with Crippen molar-refractivity contribution in [2.45, 2.75) is 20.0 Å². The molecular weight excluding hydrogens is 342 g/mol. The minimum Gasteiger partial charge on any atom is -0.345 e. The summed E-state index contributed by atoms with van der Waals surface area (Å²) in [5.74, 6) is 0.198. The summed E-state index contributed by atoms with van der Waals surface area (Å²) in [5, 5.41) is 21.1. The third-order valence-corrected chi connectivity index (χ3v) is 3.54. The van der Waals surface area contributed by atoms with Gasteiger partial charge < -0.3 is 9.88 Å². The predicted octanol–water partition coefficient (Wildman–Crippen LogP) is 1.90. The summed E-state index contributed by atoms with van der Waals surface area (Å²) >= 11 is 3.21. The van der Waals surface area contributed by atoms with Gasteiger partial charge in [0, 0.05) is 23.2 Å². The van der Waals surface area contributed by atoms with Crippen LogP contribution in [0.15, 0.2) is 29.0 Å². The van der Waals surface area contributed by atoms with Crippen LogP contribution in [0, 0.1) is 10.1 Å². The predicted molar refractivity (Wildman–Crippen MR) is 77.7 cm³/mol. The van der Waals surface area contributed by atoms with E-state index in [0.717, 1.165) is 0 Å². The maximum atomic E-state index is 12.1. The van der Waals surface area contributed by atoms with Crippen LogP contribution in [-0.2, 0) is 13.1 Å². The van der Waals surface area contributed by atoms with E-state index >= 15 is 0 Å². The number of halogens is 1. The van der Waals surface area contributed by atoms with E-state index in [0.29, 0.717) is 16.8 Å². The molecule has 8 nitrogen and oxygen atoms in total. The Kier molecular flexibility index (Phi) is 4.63. The van der Waals surface area contributed by atoms with Gasteiger partial charge in [-0.05, 0) is 28.9 Å². The Morgan fingerprint density at radius 1 is 1.52 bits per heavy atom. The largest absolute Gasteiger partial charge is 0.345 e. The molecule has 110 valence electrons. The summed E-state index contributed by atoms with van der Waals surface area (Å²) in [5.41, 5.74) is 0.0619. The Balaban J connectivity index is 2.13. The van der Waals surface area contributed by atoms with Crippen molar-refractivity contribution in [1.29, 1.82) is 0 Å². The van der Waals surface area contributed by atoms with Gasteiger partial charge in [-0.25, -0.2) is 0 Å². The minimum absolute atomic E-state index is 0.139. The molecule has 2 rings (SSSR count). The van der Waals surface area contributed by atoms with E-state index in [-0.39, 0.29) is 17.8 Å². The number of benzene rings is 1. The van der Waals surface area contributed by atoms with Crippen LogP contribution in [0.5, 0.6) is 0 Å². The van der Waals surface area contributed by atoms with Crippen LogP contribution in [0.2, 0.25) is 0 Å². The lowest BCUT2D eigenvalue weighted by Crippen LogP contribution is -2.25. The lowest BCUT2D eigenvalue weighted by atomic mass is 10.2. The third kappa shape index (κ3) is 3.43. The molecule has 21 heavy (non-hydrogen) atoms. The van der Waals surface area contributed by atoms with Gasteiger partial charge in [-0.1, -0.05) is 0 Å². The molecule has 0 aliphatic heterocycles. The summed E-state index contributed by atoms with van der Waals surface area (Å²) in [7, 11) is 0. The number of non-ortho nitro benzene ring substituents is 1. The Bertz CT molecular complexity index is 685. The first-order chi connectivity index (χ1) is 10.0. The number of aryl methyl sites for hydroxylation is 1. The van der Waals surface area contributed by atoms with E-state index in [1.165, 1.54) is 18.2 Å². The molecule has 2 aromatic rings. The van der Waals surface area contributed by atoms with E-state index in [1.54, 1.807) is 10.9 Å². The van der Waals surface area contributed by atoms with Crippen molar-refractivity contribution in [1.82, 2.24) is 20.1 Å². The molecular formula is C12H12BrN5O3. The van der Waals surface area contributed by atoms with Crippen molar-refractivity contribution < 1.29 is 9.72 Å². The number of carbonyl (C=O) groups is 1. The monoisotopic (exact) mass is 353 g/mol. The van der Waals surface area contributed by atoms with Crippen molar-refractivity contribution >= 4 is 27.5 Å². The number of amides is 1. The number of hydrogen-bond donors (Lipinski definition) is 1. The maximum absolute atomic E-state index is 12.1. The minimum atomic E-state index is -0.545. The maximum Gasteiger partial charge on any atom is 0.270 e. The molecule has 0 spiro atoms. The number of nitro benzene ring substituents is 1. The highest BCUT2D eigenvalue weighted by atomic mass is 79.9. The fourth-order valence-corrected chi connectivity index (χ4v) is 2.16. The molecule has 0 aliphatic rings. The lowest BCUT2D eigenvalue weighted by molar-refractivity contribution is -0.384. The molecule has 1 aromatic heterocycles. The van der Waals surface area contributed by atoms with E-state index in [1.807, 2.05) is 6.92 Å². The SMILES string of the molecule is CCn1cnnc1CNC(=O)c1cc([N+](=O)[O-])ccc1Br. The van der Waals surface area contributed by atoms with Crippen molar-refractivity contribution in [2.75, 3.05) is 0 Å². The average Bonchev–Trinajstić information content (AvgIpc) is 2.92. The van der Waals surface area contributed by atoms with Gasteiger partial charge in [0.25, 0.3) is 11.6 Å². The number of nitrogens with one attached hydrogen (secondary N) is 1.